The van der Waals surface area contributed by atoms with E-state index in [2.05, 4.69) is 29.4 Å². The molecule has 0 unspecified atom stereocenters. The second kappa shape index (κ2) is 6.92. The number of benzene rings is 1. The van der Waals surface area contributed by atoms with Crippen molar-refractivity contribution < 1.29 is 5.32 Å². The summed E-state index contributed by atoms with van der Waals surface area (Å²) in [6.45, 7) is 2.93. The Balaban J connectivity index is 1.62. The highest BCUT2D eigenvalue weighted by atomic mass is 32.1. The number of H-pyrrole nitrogens is 1. The molecule has 6 heteroatoms. The SMILES string of the molecule is C[C@@H]([NH2+]Cc1ccccc1)c1nc2scc(-c3cccs3)c2c(=O)[nH]1. The van der Waals surface area contributed by atoms with Gasteiger partial charge in [-0.1, -0.05) is 36.4 Å². The van der Waals surface area contributed by atoms with Gasteiger partial charge in [-0.25, -0.2) is 4.98 Å². The van der Waals surface area contributed by atoms with E-state index in [0.717, 1.165) is 27.6 Å². The van der Waals surface area contributed by atoms with Gasteiger partial charge in [-0.3, -0.25) is 4.79 Å². The van der Waals surface area contributed by atoms with Gasteiger partial charge >= 0.3 is 0 Å². The molecule has 3 aromatic heterocycles. The molecule has 0 saturated heterocycles. The maximum absolute atomic E-state index is 12.7. The minimum atomic E-state index is -0.0513. The Hall–Kier alpha value is -2.28. The molecule has 1 atom stereocenters. The van der Waals surface area contributed by atoms with Gasteiger partial charge in [0.2, 0.25) is 0 Å². The van der Waals surface area contributed by atoms with Gasteiger partial charge in [-0.2, -0.15) is 0 Å². The maximum Gasteiger partial charge on any atom is 0.260 e. The summed E-state index contributed by atoms with van der Waals surface area (Å²) in [5.74, 6) is 0.730. The Kier molecular flexibility index (Phi) is 4.48. The Morgan fingerprint density at radius 1 is 1.16 bits per heavy atom. The molecule has 0 amide bonds. The normalized spacial score (nSPS) is 12.5. The maximum atomic E-state index is 12.7. The van der Waals surface area contributed by atoms with Crippen LogP contribution >= 0.6 is 22.7 Å². The van der Waals surface area contributed by atoms with Gasteiger partial charge in [0.25, 0.3) is 5.56 Å². The number of thiophene rings is 2. The Labute approximate surface area is 153 Å². The zero-order chi connectivity index (χ0) is 17.2. The molecule has 0 fully saturated rings. The van der Waals surface area contributed by atoms with Crippen LogP contribution < -0.4 is 10.9 Å². The third kappa shape index (κ3) is 3.28. The fourth-order valence-corrected chi connectivity index (χ4v) is 4.60. The van der Waals surface area contributed by atoms with E-state index < -0.39 is 0 Å². The zero-order valence-corrected chi connectivity index (χ0v) is 15.4. The molecule has 0 spiro atoms. The highest BCUT2D eigenvalue weighted by molar-refractivity contribution is 7.18. The first-order chi connectivity index (χ1) is 12.2. The van der Waals surface area contributed by atoms with E-state index in [4.69, 9.17) is 4.98 Å². The lowest BCUT2D eigenvalue weighted by atomic mass is 10.2. The van der Waals surface area contributed by atoms with Crippen LogP contribution in [0, 0.1) is 0 Å². The molecule has 25 heavy (non-hydrogen) atoms. The molecule has 4 rings (SSSR count). The van der Waals surface area contributed by atoms with Crippen LogP contribution in [0.4, 0.5) is 0 Å². The standard InChI is InChI=1S/C19H17N3OS2/c1-12(20-10-13-6-3-2-4-7-13)17-21-18(23)16-14(11-25-19(16)22-17)15-8-5-9-24-15/h2-9,11-12,20H,10H2,1H3,(H,21,22,23)/p+1/t12-/m1/s1. The largest absolute Gasteiger partial charge is 0.334 e. The highest BCUT2D eigenvalue weighted by Crippen LogP contribution is 2.33. The molecule has 0 radical (unpaired) electrons. The quantitative estimate of drug-likeness (QED) is 0.566. The number of nitrogens with zero attached hydrogens (tertiary/aromatic N) is 1. The van der Waals surface area contributed by atoms with Crippen LogP contribution in [0.25, 0.3) is 20.7 Å². The van der Waals surface area contributed by atoms with E-state index in [0.29, 0.717) is 5.39 Å². The first-order valence-corrected chi connectivity index (χ1v) is 9.91. The van der Waals surface area contributed by atoms with Crippen molar-refractivity contribution in [1.82, 2.24) is 9.97 Å². The number of quaternary nitrogens is 1. The van der Waals surface area contributed by atoms with Gasteiger partial charge in [-0.05, 0) is 18.4 Å². The number of hydrogen-bond acceptors (Lipinski definition) is 4. The molecule has 3 heterocycles. The lowest BCUT2D eigenvalue weighted by Gasteiger charge is -2.10. The first kappa shape index (κ1) is 16.2. The molecule has 0 saturated carbocycles. The minimum Gasteiger partial charge on any atom is -0.334 e. The molecule has 1 aromatic carbocycles. The van der Waals surface area contributed by atoms with Crippen molar-refractivity contribution in [1.29, 1.82) is 0 Å². The molecule has 0 aliphatic heterocycles. The first-order valence-electron chi connectivity index (χ1n) is 8.15. The number of rotatable bonds is 5. The lowest BCUT2D eigenvalue weighted by Crippen LogP contribution is -2.83. The lowest BCUT2D eigenvalue weighted by molar-refractivity contribution is -0.709. The topological polar surface area (TPSA) is 62.4 Å². The summed E-state index contributed by atoms with van der Waals surface area (Å²) >= 11 is 3.17. The average Bonchev–Trinajstić information content (AvgIpc) is 3.29. The second-order valence-electron chi connectivity index (χ2n) is 5.97. The molecule has 0 aliphatic rings. The van der Waals surface area contributed by atoms with Crippen molar-refractivity contribution >= 4 is 32.9 Å². The Bertz CT molecular complexity index is 1040. The van der Waals surface area contributed by atoms with Crippen molar-refractivity contribution in [3.05, 3.63) is 75.0 Å². The third-order valence-electron chi connectivity index (χ3n) is 4.23. The van der Waals surface area contributed by atoms with Crippen LogP contribution in [0.2, 0.25) is 0 Å². The van der Waals surface area contributed by atoms with Crippen molar-refractivity contribution in [2.75, 3.05) is 0 Å². The number of aromatic nitrogens is 2. The van der Waals surface area contributed by atoms with E-state index in [9.17, 15) is 4.79 Å². The highest BCUT2D eigenvalue weighted by Gasteiger charge is 2.17. The van der Waals surface area contributed by atoms with Crippen LogP contribution in [-0.2, 0) is 6.54 Å². The summed E-state index contributed by atoms with van der Waals surface area (Å²) in [4.78, 5) is 22.3. The predicted octanol–water partition coefficient (Wildman–Crippen LogP) is 3.54. The number of nitrogens with two attached hydrogens (primary N) is 1. The van der Waals surface area contributed by atoms with Crippen LogP contribution in [-0.4, -0.2) is 9.97 Å². The molecule has 0 aliphatic carbocycles. The van der Waals surface area contributed by atoms with Gasteiger partial charge in [0.15, 0.2) is 5.82 Å². The summed E-state index contributed by atoms with van der Waals surface area (Å²) in [5, 5.41) is 6.94. The second-order valence-corrected chi connectivity index (χ2v) is 7.78. The van der Waals surface area contributed by atoms with Crippen molar-refractivity contribution in [3.63, 3.8) is 0 Å². The van der Waals surface area contributed by atoms with Gasteiger partial charge in [0.05, 0.1) is 5.39 Å². The Morgan fingerprint density at radius 2 is 2.00 bits per heavy atom. The fraction of sp³-hybridized carbons (Fsp3) is 0.158. The molecule has 0 bridgehead atoms. The summed E-state index contributed by atoms with van der Waals surface area (Å²) in [6.07, 6.45) is 0. The zero-order valence-electron chi connectivity index (χ0n) is 13.7. The molecule has 4 aromatic rings. The van der Waals surface area contributed by atoms with Gasteiger partial charge in [-0.15, -0.1) is 22.7 Å². The van der Waals surface area contributed by atoms with Crippen molar-refractivity contribution in [2.45, 2.75) is 19.5 Å². The monoisotopic (exact) mass is 368 g/mol. The van der Waals surface area contributed by atoms with Crippen LogP contribution in [0.1, 0.15) is 24.4 Å². The van der Waals surface area contributed by atoms with Crippen LogP contribution in [0.3, 0.4) is 0 Å². The third-order valence-corrected chi connectivity index (χ3v) is 6.01. The molecular formula is C19H18N3OS2+. The van der Waals surface area contributed by atoms with Crippen molar-refractivity contribution in [3.8, 4) is 10.4 Å². The van der Waals surface area contributed by atoms with Crippen LogP contribution in [0.5, 0.6) is 0 Å². The van der Waals surface area contributed by atoms with E-state index in [1.807, 2.05) is 41.1 Å². The fourth-order valence-electron chi connectivity index (χ4n) is 2.83. The van der Waals surface area contributed by atoms with E-state index in [-0.39, 0.29) is 11.6 Å². The van der Waals surface area contributed by atoms with E-state index in [1.54, 1.807) is 11.3 Å². The molecular weight excluding hydrogens is 350 g/mol. The number of nitrogens with one attached hydrogen (secondary N) is 1. The van der Waals surface area contributed by atoms with Crippen LogP contribution in [0.15, 0.2) is 58.0 Å². The number of fused-ring (bicyclic) bond motifs is 1. The summed E-state index contributed by atoms with van der Waals surface area (Å²) in [6, 6.07) is 14.4. The van der Waals surface area contributed by atoms with E-state index >= 15 is 0 Å². The average molecular weight is 369 g/mol. The Morgan fingerprint density at radius 3 is 2.76 bits per heavy atom. The smallest absolute Gasteiger partial charge is 0.260 e. The number of hydrogen-bond donors (Lipinski definition) is 2. The molecule has 4 nitrogen and oxygen atoms in total. The number of aromatic amines is 1. The summed E-state index contributed by atoms with van der Waals surface area (Å²) in [7, 11) is 0. The van der Waals surface area contributed by atoms with Gasteiger partial charge in [0, 0.05) is 21.4 Å². The summed E-state index contributed by atoms with van der Waals surface area (Å²) < 4.78 is 0. The minimum absolute atomic E-state index is 0.0513. The van der Waals surface area contributed by atoms with Gasteiger partial charge < -0.3 is 10.3 Å². The summed E-state index contributed by atoms with van der Waals surface area (Å²) in [5.41, 5.74) is 2.19. The van der Waals surface area contributed by atoms with Gasteiger partial charge in [0.1, 0.15) is 17.4 Å². The predicted molar refractivity (Wildman–Crippen MR) is 104 cm³/mol. The molecule has 3 N–H and O–H groups in total. The van der Waals surface area contributed by atoms with Crippen molar-refractivity contribution in [2.24, 2.45) is 0 Å². The molecule has 126 valence electrons. The van der Waals surface area contributed by atoms with E-state index in [1.165, 1.54) is 16.9 Å².